The van der Waals surface area contributed by atoms with Crippen molar-refractivity contribution in [3.63, 3.8) is 0 Å². The van der Waals surface area contributed by atoms with Crippen LogP contribution in [-0.4, -0.2) is 24.5 Å². The monoisotopic (exact) mass is 322 g/mol. The average molecular weight is 323 g/mol. The molecule has 2 fully saturated rings. The summed E-state index contributed by atoms with van der Waals surface area (Å²) in [4.78, 5) is 14.4. The van der Waals surface area contributed by atoms with Gasteiger partial charge < -0.3 is 10.2 Å². The molecular weight excluding hydrogens is 304 g/mol. The lowest BCUT2D eigenvalue weighted by atomic mass is 10.1. The van der Waals surface area contributed by atoms with E-state index in [1.807, 2.05) is 4.90 Å². The molecule has 3 nitrogen and oxygen atoms in total. The van der Waals surface area contributed by atoms with Crippen molar-refractivity contribution in [2.75, 3.05) is 11.4 Å². The summed E-state index contributed by atoms with van der Waals surface area (Å²) in [5.74, 6) is 0.230. The highest BCUT2D eigenvalue weighted by molar-refractivity contribution is 9.10. The van der Waals surface area contributed by atoms with Gasteiger partial charge in [0.15, 0.2) is 0 Å². The Morgan fingerprint density at radius 1 is 1.21 bits per heavy atom. The molecule has 1 aliphatic heterocycles. The number of anilines is 1. The van der Waals surface area contributed by atoms with Crippen LogP contribution in [0.25, 0.3) is 0 Å². The number of carbonyl (C=O) groups excluding carboxylic acids is 1. The molecule has 1 N–H and O–H groups in total. The molecule has 1 aromatic rings. The van der Waals surface area contributed by atoms with Gasteiger partial charge in [0.2, 0.25) is 5.91 Å². The van der Waals surface area contributed by atoms with E-state index in [2.05, 4.69) is 47.2 Å². The molecule has 1 heterocycles. The largest absolute Gasteiger partial charge is 0.311 e. The molecule has 1 atom stereocenters. The van der Waals surface area contributed by atoms with Gasteiger partial charge in [0, 0.05) is 22.7 Å². The second-order valence-electron chi connectivity index (χ2n) is 5.67. The van der Waals surface area contributed by atoms with Crippen LogP contribution in [-0.2, 0) is 4.79 Å². The maximum atomic E-state index is 12.4. The van der Waals surface area contributed by atoms with Crippen LogP contribution in [0.2, 0.25) is 0 Å². The lowest BCUT2D eigenvalue weighted by molar-refractivity contribution is -0.118. The van der Waals surface area contributed by atoms with Crippen molar-refractivity contribution in [2.24, 2.45) is 0 Å². The number of rotatable bonds is 3. The van der Waals surface area contributed by atoms with Gasteiger partial charge in [0.25, 0.3) is 0 Å². The van der Waals surface area contributed by atoms with E-state index in [0.717, 1.165) is 23.1 Å². The van der Waals surface area contributed by atoms with Gasteiger partial charge in [-0.1, -0.05) is 15.9 Å². The van der Waals surface area contributed by atoms with Crippen LogP contribution in [0, 0.1) is 13.8 Å². The first-order valence-corrected chi connectivity index (χ1v) is 7.70. The van der Waals surface area contributed by atoms with Gasteiger partial charge >= 0.3 is 0 Å². The van der Waals surface area contributed by atoms with Crippen molar-refractivity contribution in [2.45, 2.75) is 45.2 Å². The van der Waals surface area contributed by atoms with Crippen LogP contribution < -0.4 is 10.2 Å². The fraction of sp³-hybridized carbons (Fsp3) is 0.533. The number of nitrogens with one attached hydrogen (secondary N) is 1. The van der Waals surface area contributed by atoms with Gasteiger partial charge in [-0.25, -0.2) is 0 Å². The van der Waals surface area contributed by atoms with Crippen LogP contribution in [0.15, 0.2) is 16.6 Å². The van der Waals surface area contributed by atoms with E-state index in [4.69, 9.17) is 0 Å². The van der Waals surface area contributed by atoms with E-state index in [0.29, 0.717) is 6.04 Å². The number of carbonyl (C=O) groups is 1. The molecule has 4 heteroatoms. The average Bonchev–Trinajstić information content (AvgIpc) is 3.11. The summed E-state index contributed by atoms with van der Waals surface area (Å²) in [6, 6.07) is 4.79. The minimum atomic E-state index is 0.0248. The Morgan fingerprint density at radius 2 is 1.84 bits per heavy atom. The first kappa shape index (κ1) is 13.1. The fourth-order valence-corrected chi connectivity index (χ4v) is 2.93. The van der Waals surface area contributed by atoms with Crippen LogP contribution in [0.4, 0.5) is 5.69 Å². The molecule has 1 amide bonds. The Bertz CT molecular complexity index is 502. The zero-order chi connectivity index (χ0) is 13.6. The van der Waals surface area contributed by atoms with Crippen molar-refractivity contribution in [1.82, 2.24) is 5.32 Å². The van der Waals surface area contributed by atoms with E-state index >= 15 is 0 Å². The Kier molecular flexibility index (Phi) is 3.39. The van der Waals surface area contributed by atoms with Crippen molar-refractivity contribution >= 4 is 27.5 Å². The number of halogens is 1. The summed E-state index contributed by atoms with van der Waals surface area (Å²) in [5, 5.41) is 3.44. The number of benzene rings is 1. The molecule has 0 aromatic heterocycles. The number of amides is 1. The third-order valence-electron chi connectivity index (χ3n) is 3.95. The molecule has 1 saturated carbocycles. The van der Waals surface area contributed by atoms with Crippen molar-refractivity contribution in [1.29, 1.82) is 0 Å². The van der Waals surface area contributed by atoms with Crippen molar-refractivity contribution < 1.29 is 4.79 Å². The smallest absolute Gasteiger partial charge is 0.244 e. The molecule has 0 bridgehead atoms. The zero-order valence-electron chi connectivity index (χ0n) is 11.4. The third kappa shape index (κ3) is 2.56. The quantitative estimate of drug-likeness (QED) is 0.928. The molecule has 0 spiro atoms. The van der Waals surface area contributed by atoms with Crippen molar-refractivity contribution in [3.05, 3.63) is 27.7 Å². The molecule has 1 aliphatic carbocycles. The molecule has 3 rings (SSSR count). The Hall–Kier alpha value is -0.870. The zero-order valence-corrected chi connectivity index (χ0v) is 13.0. The molecule has 102 valence electrons. The SMILES string of the molecule is Cc1cc(N2CCC(NC3CC3)C2=O)cc(C)c1Br. The van der Waals surface area contributed by atoms with Gasteiger partial charge in [0.1, 0.15) is 0 Å². The minimum Gasteiger partial charge on any atom is -0.311 e. The number of aryl methyl sites for hydroxylation is 2. The second-order valence-corrected chi connectivity index (χ2v) is 6.46. The first-order valence-electron chi connectivity index (χ1n) is 6.90. The molecule has 19 heavy (non-hydrogen) atoms. The minimum absolute atomic E-state index is 0.0248. The third-order valence-corrected chi connectivity index (χ3v) is 5.20. The summed E-state index contributed by atoms with van der Waals surface area (Å²) in [5.41, 5.74) is 3.39. The molecular formula is C15H19BrN2O. The van der Waals surface area contributed by atoms with Gasteiger partial charge in [-0.3, -0.25) is 4.79 Å². The van der Waals surface area contributed by atoms with Crippen LogP contribution in [0.5, 0.6) is 0 Å². The van der Waals surface area contributed by atoms with Crippen LogP contribution in [0.3, 0.4) is 0 Å². The van der Waals surface area contributed by atoms with Gasteiger partial charge in [0.05, 0.1) is 6.04 Å². The Labute approximate surface area is 122 Å². The summed E-state index contributed by atoms with van der Waals surface area (Å²) in [7, 11) is 0. The van der Waals surface area contributed by atoms with E-state index in [-0.39, 0.29) is 11.9 Å². The highest BCUT2D eigenvalue weighted by Crippen LogP contribution is 2.30. The lowest BCUT2D eigenvalue weighted by Crippen LogP contribution is -2.39. The summed E-state index contributed by atoms with van der Waals surface area (Å²) < 4.78 is 1.13. The van der Waals surface area contributed by atoms with Crippen molar-refractivity contribution in [3.8, 4) is 0 Å². The maximum absolute atomic E-state index is 12.4. The predicted molar refractivity (Wildman–Crippen MR) is 80.5 cm³/mol. The van der Waals surface area contributed by atoms with Gasteiger partial charge in [-0.15, -0.1) is 0 Å². The molecule has 0 radical (unpaired) electrons. The van der Waals surface area contributed by atoms with Gasteiger partial charge in [-0.2, -0.15) is 0 Å². The lowest BCUT2D eigenvalue weighted by Gasteiger charge is -2.19. The topological polar surface area (TPSA) is 32.3 Å². The summed E-state index contributed by atoms with van der Waals surface area (Å²) in [6.45, 7) is 4.96. The summed E-state index contributed by atoms with van der Waals surface area (Å²) >= 11 is 3.57. The highest BCUT2D eigenvalue weighted by atomic mass is 79.9. The normalized spacial score (nSPS) is 23.2. The predicted octanol–water partition coefficient (Wildman–Crippen LogP) is 2.92. The number of hydrogen-bond acceptors (Lipinski definition) is 2. The molecule has 2 aliphatic rings. The molecule has 1 aromatic carbocycles. The number of hydrogen-bond donors (Lipinski definition) is 1. The number of nitrogens with zero attached hydrogens (tertiary/aromatic N) is 1. The van der Waals surface area contributed by atoms with E-state index in [1.54, 1.807) is 0 Å². The fourth-order valence-electron chi connectivity index (χ4n) is 2.70. The van der Waals surface area contributed by atoms with E-state index in [1.165, 1.54) is 24.0 Å². The Morgan fingerprint density at radius 3 is 2.42 bits per heavy atom. The first-order chi connectivity index (χ1) is 9.06. The van der Waals surface area contributed by atoms with Crippen LogP contribution >= 0.6 is 15.9 Å². The van der Waals surface area contributed by atoms with E-state index < -0.39 is 0 Å². The van der Waals surface area contributed by atoms with Gasteiger partial charge in [-0.05, 0) is 56.4 Å². The second kappa shape index (κ2) is 4.91. The highest BCUT2D eigenvalue weighted by Gasteiger charge is 2.36. The molecule has 1 unspecified atom stereocenters. The summed E-state index contributed by atoms with van der Waals surface area (Å²) in [6.07, 6.45) is 3.37. The Balaban J connectivity index is 1.80. The maximum Gasteiger partial charge on any atom is 0.244 e. The van der Waals surface area contributed by atoms with E-state index in [9.17, 15) is 4.79 Å². The van der Waals surface area contributed by atoms with Crippen LogP contribution in [0.1, 0.15) is 30.4 Å². The standard InChI is InChI=1S/C15H19BrN2O/c1-9-7-12(8-10(2)14(9)16)18-6-5-13(15(18)19)17-11-3-4-11/h7-8,11,13,17H,3-6H2,1-2H3. The molecule has 1 saturated heterocycles.